The second kappa shape index (κ2) is 7.06. The Labute approximate surface area is 123 Å². The predicted octanol–water partition coefficient (Wildman–Crippen LogP) is 3.29. The molecule has 0 bridgehead atoms. The third-order valence-corrected chi connectivity index (χ3v) is 4.22. The zero-order chi connectivity index (χ0) is 13.7. The molecule has 0 aromatic heterocycles. The van der Waals surface area contributed by atoms with Gasteiger partial charge in [-0.3, -0.25) is 10.1 Å². The minimum atomic E-state index is -0.388. The van der Waals surface area contributed by atoms with Crippen LogP contribution in [0.3, 0.4) is 0 Å². The second-order valence-corrected chi connectivity index (χ2v) is 6.16. The van der Waals surface area contributed by atoms with Crippen LogP contribution in [-0.2, 0) is 4.79 Å². The van der Waals surface area contributed by atoms with Gasteiger partial charge in [-0.2, -0.15) is 0 Å². The number of primary amides is 1. The number of hydrogen-bond donors (Lipinski definition) is 2. The Balaban J connectivity index is 2.09. The average Bonchev–Trinajstić information content (AvgIpc) is 2.64. The van der Waals surface area contributed by atoms with Crippen molar-refractivity contribution in [2.75, 3.05) is 0 Å². The molecule has 4 heteroatoms. The molecule has 1 amide bonds. The quantitative estimate of drug-likeness (QED) is 0.835. The number of halogens is 1. The lowest BCUT2D eigenvalue weighted by Gasteiger charge is -2.23. The summed E-state index contributed by atoms with van der Waals surface area (Å²) in [5.41, 5.74) is 6.49. The molecule has 104 valence electrons. The van der Waals surface area contributed by atoms with Crippen molar-refractivity contribution in [1.82, 2.24) is 5.32 Å². The van der Waals surface area contributed by atoms with Gasteiger partial charge in [0.25, 0.3) is 0 Å². The molecule has 0 heterocycles. The van der Waals surface area contributed by atoms with E-state index in [4.69, 9.17) is 5.73 Å². The summed E-state index contributed by atoms with van der Waals surface area (Å²) in [4.78, 5) is 11.7. The minimum Gasteiger partial charge on any atom is -0.368 e. The van der Waals surface area contributed by atoms with Gasteiger partial charge < -0.3 is 5.73 Å². The lowest BCUT2D eigenvalue weighted by molar-refractivity contribution is -0.120. The second-order valence-electron chi connectivity index (χ2n) is 5.25. The van der Waals surface area contributed by atoms with Gasteiger partial charge in [0.05, 0.1) is 0 Å². The van der Waals surface area contributed by atoms with Crippen LogP contribution in [0.25, 0.3) is 0 Å². The Morgan fingerprint density at radius 2 is 1.95 bits per heavy atom. The van der Waals surface area contributed by atoms with Gasteiger partial charge in [0.1, 0.15) is 6.04 Å². The van der Waals surface area contributed by atoms with Gasteiger partial charge in [0, 0.05) is 10.5 Å². The molecule has 0 spiro atoms. The highest BCUT2D eigenvalue weighted by Gasteiger charge is 2.22. The first kappa shape index (κ1) is 14.5. The van der Waals surface area contributed by atoms with E-state index in [9.17, 15) is 4.79 Å². The molecule has 1 unspecified atom stereocenters. The van der Waals surface area contributed by atoms with Crippen LogP contribution >= 0.6 is 15.9 Å². The van der Waals surface area contributed by atoms with E-state index >= 15 is 0 Å². The van der Waals surface area contributed by atoms with Gasteiger partial charge >= 0.3 is 0 Å². The van der Waals surface area contributed by atoms with E-state index in [2.05, 4.69) is 21.2 Å². The topological polar surface area (TPSA) is 55.1 Å². The van der Waals surface area contributed by atoms with Gasteiger partial charge in [0.2, 0.25) is 5.91 Å². The summed E-state index contributed by atoms with van der Waals surface area (Å²) in [7, 11) is 0. The zero-order valence-electron chi connectivity index (χ0n) is 11.1. The number of amides is 1. The first-order valence-electron chi connectivity index (χ1n) is 6.97. The van der Waals surface area contributed by atoms with Crippen LogP contribution < -0.4 is 11.1 Å². The summed E-state index contributed by atoms with van der Waals surface area (Å²) < 4.78 is 0.971. The molecule has 1 saturated carbocycles. The number of carbonyl (C=O) groups excluding carboxylic acids is 1. The van der Waals surface area contributed by atoms with E-state index in [1.807, 2.05) is 24.3 Å². The Morgan fingerprint density at radius 3 is 2.53 bits per heavy atom. The first-order chi connectivity index (χ1) is 9.16. The average molecular weight is 325 g/mol. The van der Waals surface area contributed by atoms with E-state index in [0.717, 1.165) is 22.9 Å². The normalized spacial score (nSPS) is 18.8. The highest BCUT2D eigenvalue weighted by Crippen LogP contribution is 2.23. The van der Waals surface area contributed by atoms with Crippen LogP contribution in [0.2, 0.25) is 0 Å². The molecule has 0 aliphatic heterocycles. The molecule has 0 radical (unpaired) electrons. The monoisotopic (exact) mass is 324 g/mol. The lowest BCUT2D eigenvalue weighted by Crippen LogP contribution is -2.39. The fourth-order valence-corrected chi connectivity index (χ4v) is 3.13. The third-order valence-electron chi connectivity index (χ3n) is 3.72. The maximum Gasteiger partial charge on any atom is 0.239 e. The maximum absolute atomic E-state index is 11.7. The number of carbonyl (C=O) groups is 1. The van der Waals surface area contributed by atoms with Gasteiger partial charge in [-0.15, -0.1) is 0 Å². The van der Waals surface area contributed by atoms with Crippen molar-refractivity contribution < 1.29 is 4.79 Å². The van der Waals surface area contributed by atoms with E-state index < -0.39 is 0 Å². The maximum atomic E-state index is 11.7. The highest BCUT2D eigenvalue weighted by atomic mass is 79.9. The van der Waals surface area contributed by atoms with Crippen molar-refractivity contribution in [2.24, 2.45) is 5.73 Å². The molecule has 1 aromatic rings. The molecule has 1 atom stereocenters. The van der Waals surface area contributed by atoms with Gasteiger partial charge in [-0.25, -0.2) is 0 Å². The van der Waals surface area contributed by atoms with Gasteiger partial charge in [0.15, 0.2) is 0 Å². The summed E-state index contributed by atoms with van der Waals surface area (Å²) in [5, 5.41) is 3.44. The molecule has 1 aliphatic carbocycles. The molecule has 0 saturated heterocycles. The van der Waals surface area contributed by atoms with Crippen molar-refractivity contribution in [1.29, 1.82) is 0 Å². The molecule has 1 fully saturated rings. The van der Waals surface area contributed by atoms with Crippen molar-refractivity contribution >= 4 is 21.8 Å². The Hall–Kier alpha value is -0.870. The number of rotatable bonds is 4. The van der Waals surface area contributed by atoms with Crippen LogP contribution in [0.4, 0.5) is 0 Å². The Morgan fingerprint density at radius 1 is 1.26 bits per heavy atom. The molecule has 3 nitrogen and oxygen atoms in total. The van der Waals surface area contributed by atoms with E-state index in [-0.39, 0.29) is 11.9 Å². The van der Waals surface area contributed by atoms with E-state index in [1.165, 1.54) is 25.7 Å². The molecule has 2 rings (SSSR count). The number of benzene rings is 1. The molecule has 3 N–H and O–H groups in total. The van der Waals surface area contributed by atoms with Crippen LogP contribution in [0.5, 0.6) is 0 Å². The van der Waals surface area contributed by atoms with Crippen molar-refractivity contribution in [2.45, 2.75) is 50.6 Å². The number of nitrogens with two attached hydrogens (primary N) is 1. The SMILES string of the molecule is NC(=O)C(NC1CCCCCC1)c1cccc(Br)c1. The molecule has 1 aliphatic rings. The summed E-state index contributed by atoms with van der Waals surface area (Å²) in [5.74, 6) is -0.303. The fraction of sp³-hybridized carbons (Fsp3) is 0.533. The summed E-state index contributed by atoms with van der Waals surface area (Å²) in [6, 6.07) is 7.81. The van der Waals surface area contributed by atoms with Crippen LogP contribution in [0.15, 0.2) is 28.7 Å². The van der Waals surface area contributed by atoms with Crippen LogP contribution in [-0.4, -0.2) is 11.9 Å². The Kier molecular flexibility index (Phi) is 5.40. The molecular weight excluding hydrogens is 304 g/mol. The highest BCUT2D eigenvalue weighted by molar-refractivity contribution is 9.10. The largest absolute Gasteiger partial charge is 0.368 e. The van der Waals surface area contributed by atoms with Gasteiger partial charge in [-0.1, -0.05) is 53.7 Å². The lowest BCUT2D eigenvalue weighted by atomic mass is 10.0. The number of nitrogens with one attached hydrogen (secondary N) is 1. The Bertz CT molecular complexity index is 428. The van der Waals surface area contributed by atoms with Crippen LogP contribution in [0.1, 0.15) is 50.1 Å². The molecular formula is C15H21BrN2O. The summed E-state index contributed by atoms with van der Waals surface area (Å²) >= 11 is 3.44. The summed E-state index contributed by atoms with van der Waals surface area (Å²) in [6.45, 7) is 0. The minimum absolute atomic E-state index is 0.303. The third kappa shape index (κ3) is 4.32. The van der Waals surface area contributed by atoms with Crippen molar-refractivity contribution in [3.63, 3.8) is 0 Å². The smallest absolute Gasteiger partial charge is 0.239 e. The summed E-state index contributed by atoms with van der Waals surface area (Å²) in [6.07, 6.45) is 7.35. The first-order valence-corrected chi connectivity index (χ1v) is 7.77. The number of hydrogen-bond acceptors (Lipinski definition) is 2. The van der Waals surface area contributed by atoms with E-state index in [1.54, 1.807) is 0 Å². The molecule has 19 heavy (non-hydrogen) atoms. The predicted molar refractivity (Wildman–Crippen MR) is 80.7 cm³/mol. The molecule has 1 aromatic carbocycles. The van der Waals surface area contributed by atoms with Crippen molar-refractivity contribution in [3.05, 3.63) is 34.3 Å². The van der Waals surface area contributed by atoms with Gasteiger partial charge in [-0.05, 0) is 30.5 Å². The van der Waals surface area contributed by atoms with E-state index in [0.29, 0.717) is 6.04 Å². The van der Waals surface area contributed by atoms with Crippen molar-refractivity contribution in [3.8, 4) is 0 Å². The fourth-order valence-electron chi connectivity index (χ4n) is 2.71. The zero-order valence-corrected chi connectivity index (χ0v) is 12.7. The standard InChI is InChI=1S/C15H21BrN2O/c16-12-7-5-6-11(10-12)14(15(17)19)18-13-8-3-1-2-4-9-13/h5-7,10,13-14,18H,1-4,8-9H2,(H2,17,19). The van der Waals surface area contributed by atoms with Crippen LogP contribution in [0, 0.1) is 0 Å².